The third-order valence-corrected chi connectivity index (χ3v) is 4.19. The van der Waals surface area contributed by atoms with Gasteiger partial charge in [-0.1, -0.05) is 44.2 Å². The molecular formula is C18H30N2. The number of aryl methyl sites for hydroxylation is 1. The van der Waals surface area contributed by atoms with Crippen molar-refractivity contribution >= 4 is 0 Å². The van der Waals surface area contributed by atoms with Crippen molar-refractivity contribution in [2.24, 2.45) is 5.92 Å². The molecule has 0 spiro atoms. The van der Waals surface area contributed by atoms with E-state index in [2.05, 4.69) is 54.4 Å². The Morgan fingerprint density at radius 1 is 1.25 bits per heavy atom. The maximum absolute atomic E-state index is 3.60. The van der Waals surface area contributed by atoms with Gasteiger partial charge < -0.3 is 5.32 Å². The Kier molecular flexibility index (Phi) is 6.55. The molecule has 0 bridgehead atoms. The Morgan fingerprint density at radius 2 is 2.05 bits per heavy atom. The van der Waals surface area contributed by atoms with Crippen molar-refractivity contribution in [2.75, 3.05) is 26.2 Å². The lowest BCUT2D eigenvalue weighted by Gasteiger charge is -2.31. The van der Waals surface area contributed by atoms with Crippen LogP contribution in [0.15, 0.2) is 30.3 Å². The highest BCUT2D eigenvalue weighted by atomic mass is 15.2. The summed E-state index contributed by atoms with van der Waals surface area (Å²) in [5, 5.41) is 3.60. The van der Waals surface area contributed by atoms with Crippen LogP contribution in [0.3, 0.4) is 0 Å². The van der Waals surface area contributed by atoms with Gasteiger partial charge in [0.1, 0.15) is 0 Å². The number of nitrogens with zero attached hydrogens (tertiary/aromatic N) is 1. The van der Waals surface area contributed by atoms with Gasteiger partial charge in [0.15, 0.2) is 0 Å². The Labute approximate surface area is 124 Å². The molecule has 1 aromatic carbocycles. The number of hydrogen-bond acceptors (Lipinski definition) is 2. The first-order chi connectivity index (χ1) is 9.75. The maximum Gasteiger partial charge on any atom is 0.0223 e. The molecule has 0 aliphatic carbocycles. The van der Waals surface area contributed by atoms with Gasteiger partial charge in [-0.25, -0.2) is 0 Å². The van der Waals surface area contributed by atoms with Gasteiger partial charge in [0.25, 0.3) is 0 Å². The Hall–Kier alpha value is -0.860. The SMILES string of the molecule is CC(C)CC1CNCCCN1CCCc1ccccc1. The lowest BCUT2D eigenvalue weighted by Crippen LogP contribution is -2.41. The zero-order valence-electron chi connectivity index (χ0n) is 13.1. The van der Waals surface area contributed by atoms with Crippen LogP contribution in [0.4, 0.5) is 0 Å². The van der Waals surface area contributed by atoms with E-state index in [9.17, 15) is 0 Å². The molecule has 1 aliphatic rings. The predicted molar refractivity (Wildman–Crippen MR) is 87.1 cm³/mol. The molecule has 1 aromatic rings. The summed E-state index contributed by atoms with van der Waals surface area (Å²) >= 11 is 0. The molecule has 1 atom stereocenters. The van der Waals surface area contributed by atoms with E-state index in [1.54, 1.807) is 0 Å². The standard InChI is InChI=1S/C18H30N2/c1-16(2)14-18-15-19-11-7-13-20(18)12-6-10-17-8-4-3-5-9-17/h3-5,8-9,16,18-19H,6-7,10-15H2,1-2H3. The van der Waals surface area contributed by atoms with E-state index >= 15 is 0 Å². The average molecular weight is 274 g/mol. The Balaban J connectivity index is 1.81. The first kappa shape index (κ1) is 15.5. The summed E-state index contributed by atoms with van der Waals surface area (Å²) in [5.74, 6) is 0.788. The number of benzene rings is 1. The molecule has 112 valence electrons. The zero-order chi connectivity index (χ0) is 14.2. The van der Waals surface area contributed by atoms with E-state index in [0.717, 1.165) is 12.0 Å². The molecule has 1 saturated heterocycles. The summed E-state index contributed by atoms with van der Waals surface area (Å²) in [5.41, 5.74) is 1.47. The molecule has 2 rings (SSSR count). The smallest absolute Gasteiger partial charge is 0.0223 e. The molecule has 20 heavy (non-hydrogen) atoms. The fraction of sp³-hybridized carbons (Fsp3) is 0.667. The molecule has 1 N–H and O–H groups in total. The third-order valence-electron chi connectivity index (χ3n) is 4.19. The van der Waals surface area contributed by atoms with E-state index in [1.165, 1.54) is 57.4 Å². The monoisotopic (exact) mass is 274 g/mol. The normalized spacial score (nSPS) is 21.1. The van der Waals surface area contributed by atoms with Crippen LogP contribution in [-0.4, -0.2) is 37.1 Å². The molecule has 0 radical (unpaired) electrons. The molecule has 0 saturated carbocycles. The van der Waals surface area contributed by atoms with Crippen LogP contribution >= 0.6 is 0 Å². The lowest BCUT2D eigenvalue weighted by atomic mass is 10.0. The third kappa shape index (κ3) is 5.26. The fourth-order valence-corrected chi connectivity index (χ4v) is 3.19. The Morgan fingerprint density at radius 3 is 2.80 bits per heavy atom. The highest BCUT2D eigenvalue weighted by Gasteiger charge is 2.20. The van der Waals surface area contributed by atoms with Gasteiger partial charge in [0, 0.05) is 12.6 Å². The minimum Gasteiger partial charge on any atom is -0.315 e. The van der Waals surface area contributed by atoms with Gasteiger partial charge >= 0.3 is 0 Å². The van der Waals surface area contributed by atoms with Crippen LogP contribution in [0.2, 0.25) is 0 Å². The average Bonchev–Trinajstić information content (AvgIpc) is 2.65. The summed E-state index contributed by atoms with van der Waals surface area (Å²) < 4.78 is 0. The van der Waals surface area contributed by atoms with E-state index in [1.807, 2.05) is 0 Å². The minimum absolute atomic E-state index is 0.730. The quantitative estimate of drug-likeness (QED) is 0.856. The van der Waals surface area contributed by atoms with Crippen molar-refractivity contribution in [1.29, 1.82) is 0 Å². The minimum atomic E-state index is 0.730. The van der Waals surface area contributed by atoms with Gasteiger partial charge in [-0.2, -0.15) is 0 Å². The second-order valence-electron chi connectivity index (χ2n) is 6.47. The van der Waals surface area contributed by atoms with Crippen LogP contribution < -0.4 is 5.32 Å². The molecule has 1 heterocycles. The van der Waals surface area contributed by atoms with Crippen molar-refractivity contribution in [1.82, 2.24) is 10.2 Å². The van der Waals surface area contributed by atoms with E-state index in [0.29, 0.717) is 0 Å². The largest absolute Gasteiger partial charge is 0.315 e. The second-order valence-corrected chi connectivity index (χ2v) is 6.47. The van der Waals surface area contributed by atoms with Gasteiger partial charge in [0.2, 0.25) is 0 Å². The highest BCUT2D eigenvalue weighted by molar-refractivity contribution is 5.14. The van der Waals surface area contributed by atoms with E-state index in [4.69, 9.17) is 0 Å². The van der Waals surface area contributed by atoms with E-state index in [-0.39, 0.29) is 0 Å². The van der Waals surface area contributed by atoms with Gasteiger partial charge in [-0.05, 0) is 56.8 Å². The predicted octanol–water partition coefficient (Wildman–Crippen LogP) is 3.33. The van der Waals surface area contributed by atoms with Crippen LogP contribution in [0.5, 0.6) is 0 Å². The summed E-state index contributed by atoms with van der Waals surface area (Å²) in [6.45, 7) is 9.54. The first-order valence-corrected chi connectivity index (χ1v) is 8.24. The summed E-state index contributed by atoms with van der Waals surface area (Å²) in [6.07, 6.45) is 5.09. The van der Waals surface area contributed by atoms with Crippen LogP contribution in [-0.2, 0) is 6.42 Å². The molecular weight excluding hydrogens is 244 g/mol. The van der Waals surface area contributed by atoms with Crippen LogP contribution in [0.25, 0.3) is 0 Å². The summed E-state index contributed by atoms with van der Waals surface area (Å²) in [4.78, 5) is 2.73. The molecule has 0 aromatic heterocycles. The fourth-order valence-electron chi connectivity index (χ4n) is 3.19. The molecule has 1 unspecified atom stereocenters. The molecule has 2 nitrogen and oxygen atoms in total. The topological polar surface area (TPSA) is 15.3 Å². The van der Waals surface area contributed by atoms with Crippen LogP contribution in [0, 0.1) is 5.92 Å². The van der Waals surface area contributed by atoms with Crippen molar-refractivity contribution in [3.8, 4) is 0 Å². The van der Waals surface area contributed by atoms with Crippen molar-refractivity contribution < 1.29 is 0 Å². The van der Waals surface area contributed by atoms with Gasteiger partial charge in [0.05, 0.1) is 0 Å². The van der Waals surface area contributed by atoms with Crippen LogP contribution in [0.1, 0.15) is 38.7 Å². The molecule has 1 aliphatic heterocycles. The lowest BCUT2D eigenvalue weighted by molar-refractivity contribution is 0.183. The number of hydrogen-bond donors (Lipinski definition) is 1. The van der Waals surface area contributed by atoms with Gasteiger partial charge in [-0.15, -0.1) is 0 Å². The first-order valence-electron chi connectivity index (χ1n) is 8.24. The summed E-state index contributed by atoms with van der Waals surface area (Å²) in [6, 6.07) is 11.6. The molecule has 2 heteroatoms. The molecule has 1 fully saturated rings. The zero-order valence-corrected chi connectivity index (χ0v) is 13.1. The van der Waals surface area contributed by atoms with E-state index < -0.39 is 0 Å². The van der Waals surface area contributed by atoms with Crippen molar-refractivity contribution in [3.05, 3.63) is 35.9 Å². The van der Waals surface area contributed by atoms with Gasteiger partial charge in [-0.3, -0.25) is 4.90 Å². The van der Waals surface area contributed by atoms with Crippen molar-refractivity contribution in [3.63, 3.8) is 0 Å². The highest BCUT2D eigenvalue weighted by Crippen LogP contribution is 2.15. The number of nitrogens with one attached hydrogen (secondary N) is 1. The Bertz CT molecular complexity index is 361. The maximum atomic E-state index is 3.60. The molecule has 0 amide bonds. The van der Waals surface area contributed by atoms with Crippen molar-refractivity contribution in [2.45, 2.75) is 45.6 Å². The summed E-state index contributed by atoms with van der Waals surface area (Å²) in [7, 11) is 0. The second kappa shape index (κ2) is 8.43. The number of rotatable bonds is 6.